The SMILES string of the molecule is NCc1cn(-c2ccc(N3CCCCC3)cc2)cn1. The Balaban J connectivity index is 1.78. The minimum absolute atomic E-state index is 0.485. The molecule has 3 rings (SSSR count). The molecule has 0 aliphatic carbocycles. The third-order valence-electron chi connectivity index (χ3n) is 3.71. The van der Waals surface area contributed by atoms with Crippen molar-refractivity contribution < 1.29 is 0 Å². The molecule has 0 saturated carbocycles. The van der Waals surface area contributed by atoms with Crippen LogP contribution >= 0.6 is 0 Å². The van der Waals surface area contributed by atoms with Gasteiger partial charge < -0.3 is 15.2 Å². The molecule has 19 heavy (non-hydrogen) atoms. The van der Waals surface area contributed by atoms with E-state index in [1.165, 1.54) is 38.0 Å². The van der Waals surface area contributed by atoms with Gasteiger partial charge in [-0.1, -0.05) is 0 Å². The van der Waals surface area contributed by atoms with Gasteiger partial charge in [0, 0.05) is 37.2 Å². The van der Waals surface area contributed by atoms with E-state index in [1.54, 1.807) is 0 Å². The van der Waals surface area contributed by atoms with Crippen LogP contribution in [0.4, 0.5) is 5.69 Å². The predicted octanol–water partition coefficient (Wildman–Crippen LogP) is 2.32. The van der Waals surface area contributed by atoms with Gasteiger partial charge in [-0.2, -0.15) is 0 Å². The number of aromatic nitrogens is 2. The van der Waals surface area contributed by atoms with Crippen LogP contribution in [0.5, 0.6) is 0 Å². The Hall–Kier alpha value is -1.81. The number of piperidine rings is 1. The first-order valence-electron chi connectivity index (χ1n) is 6.95. The highest BCUT2D eigenvalue weighted by Crippen LogP contribution is 2.21. The standard InChI is InChI=1S/C15H20N4/c16-10-13-11-19(12-17-13)15-6-4-14(5-7-15)18-8-2-1-3-9-18/h4-7,11-12H,1-3,8-10,16H2. The Kier molecular flexibility index (Phi) is 3.51. The van der Waals surface area contributed by atoms with Crippen LogP contribution in [0, 0.1) is 0 Å². The van der Waals surface area contributed by atoms with Gasteiger partial charge in [0.15, 0.2) is 0 Å². The molecule has 1 aromatic heterocycles. The van der Waals surface area contributed by atoms with Gasteiger partial charge in [0.25, 0.3) is 0 Å². The Morgan fingerprint density at radius 3 is 2.32 bits per heavy atom. The average molecular weight is 256 g/mol. The van der Waals surface area contributed by atoms with Crippen LogP contribution in [0.25, 0.3) is 5.69 Å². The summed E-state index contributed by atoms with van der Waals surface area (Å²) >= 11 is 0. The number of benzene rings is 1. The molecular weight excluding hydrogens is 236 g/mol. The van der Waals surface area contributed by atoms with E-state index in [0.717, 1.165) is 11.4 Å². The molecule has 1 aliphatic heterocycles. The fraction of sp³-hybridized carbons (Fsp3) is 0.400. The lowest BCUT2D eigenvalue weighted by Gasteiger charge is -2.28. The molecule has 1 aromatic carbocycles. The number of nitrogens with zero attached hydrogens (tertiary/aromatic N) is 3. The Bertz CT molecular complexity index is 523. The number of rotatable bonds is 3. The molecule has 4 heteroatoms. The molecule has 2 aromatic rings. The maximum atomic E-state index is 5.58. The first-order chi connectivity index (χ1) is 9.36. The zero-order valence-electron chi connectivity index (χ0n) is 11.1. The van der Waals surface area contributed by atoms with Crippen molar-refractivity contribution in [3.63, 3.8) is 0 Å². The lowest BCUT2D eigenvalue weighted by molar-refractivity contribution is 0.578. The molecule has 0 radical (unpaired) electrons. The van der Waals surface area contributed by atoms with Gasteiger partial charge in [-0.15, -0.1) is 0 Å². The molecule has 0 amide bonds. The summed E-state index contributed by atoms with van der Waals surface area (Å²) in [4.78, 5) is 6.72. The monoisotopic (exact) mass is 256 g/mol. The van der Waals surface area contributed by atoms with E-state index >= 15 is 0 Å². The van der Waals surface area contributed by atoms with Crippen LogP contribution in [-0.2, 0) is 6.54 Å². The summed E-state index contributed by atoms with van der Waals surface area (Å²) in [6.07, 6.45) is 7.78. The van der Waals surface area contributed by atoms with E-state index in [2.05, 4.69) is 34.1 Å². The van der Waals surface area contributed by atoms with Gasteiger partial charge in [-0.3, -0.25) is 0 Å². The van der Waals surface area contributed by atoms with Gasteiger partial charge in [0.2, 0.25) is 0 Å². The highest BCUT2D eigenvalue weighted by molar-refractivity contribution is 5.51. The minimum atomic E-state index is 0.485. The Labute approximate surface area is 113 Å². The molecule has 1 aliphatic rings. The fourth-order valence-electron chi connectivity index (χ4n) is 2.60. The van der Waals surface area contributed by atoms with Crippen molar-refractivity contribution in [2.24, 2.45) is 5.73 Å². The zero-order valence-corrected chi connectivity index (χ0v) is 11.1. The maximum absolute atomic E-state index is 5.58. The highest BCUT2D eigenvalue weighted by atomic mass is 15.1. The van der Waals surface area contributed by atoms with Crippen LogP contribution in [0.15, 0.2) is 36.8 Å². The zero-order chi connectivity index (χ0) is 13.1. The highest BCUT2D eigenvalue weighted by Gasteiger charge is 2.10. The lowest BCUT2D eigenvalue weighted by Crippen LogP contribution is -2.29. The predicted molar refractivity (Wildman–Crippen MR) is 77.5 cm³/mol. The minimum Gasteiger partial charge on any atom is -0.372 e. The number of hydrogen-bond acceptors (Lipinski definition) is 3. The van der Waals surface area contributed by atoms with Crippen molar-refractivity contribution in [1.29, 1.82) is 0 Å². The molecule has 1 saturated heterocycles. The van der Waals surface area contributed by atoms with Crippen LogP contribution in [0.3, 0.4) is 0 Å². The second-order valence-corrected chi connectivity index (χ2v) is 5.04. The molecular formula is C15H20N4. The smallest absolute Gasteiger partial charge is 0.0995 e. The van der Waals surface area contributed by atoms with E-state index in [0.29, 0.717) is 6.54 Å². The molecule has 0 bridgehead atoms. The second kappa shape index (κ2) is 5.45. The Morgan fingerprint density at radius 1 is 1.00 bits per heavy atom. The molecule has 0 unspecified atom stereocenters. The van der Waals surface area contributed by atoms with E-state index in [9.17, 15) is 0 Å². The normalized spacial score (nSPS) is 15.7. The molecule has 0 spiro atoms. The molecule has 1 fully saturated rings. The van der Waals surface area contributed by atoms with Gasteiger partial charge in [0.1, 0.15) is 0 Å². The lowest BCUT2D eigenvalue weighted by atomic mass is 10.1. The number of hydrogen-bond donors (Lipinski definition) is 1. The summed E-state index contributed by atoms with van der Waals surface area (Å²) in [5.74, 6) is 0. The van der Waals surface area contributed by atoms with E-state index in [1.807, 2.05) is 17.1 Å². The van der Waals surface area contributed by atoms with Crippen molar-refractivity contribution in [3.05, 3.63) is 42.5 Å². The van der Waals surface area contributed by atoms with Gasteiger partial charge in [-0.25, -0.2) is 4.98 Å². The summed E-state index contributed by atoms with van der Waals surface area (Å²) in [5, 5.41) is 0. The summed E-state index contributed by atoms with van der Waals surface area (Å²) in [6.45, 7) is 2.85. The second-order valence-electron chi connectivity index (χ2n) is 5.04. The number of nitrogens with two attached hydrogens (primary N) is 1. The van der Waals surface area contributed by atoms with Crippen LogP contribution in [0.1, 0.15) is 25.0 Å². The average Bonchev–Trinajstić information content (AvgIpc) is 2.97. The molecule has 0 atom stereocenters. The Morgan fingerprint density at radius 2 is 1.68 bits per heavy atom. The fourth-order valence-corrected chi connectivity index (χ4v) is 2.60. The van der Waals surface area contributed by atoms with E-state index < -0.39 is 0 Å². The number of imidazole rings is 1. The van der Waals surface area contributed by atoms with Crippen molar-refractivity contribution in [1.82, 2.24) is 9.55 Å². The third kappa shape index (κ3) is 2.63. The van der Waals surface area contributed by atoms with Crippen LogP contribution in [-0.4, -0.2) is 22.6 Å². The van der Waals surface area contributed by atoms with Crippen LogP contribution < -0.4 is 10.6 Å². The molecule has 100 valence electrons. The molecule has 2 heterocycles. The topological polar surface area (TPSA) is 47.1 Å². The first kappa shape index (κ1) is 12.2. The summed E-state index contributed by atoms with van der Waals surface area (Å²) in [5.41, 5.74) is 8.95. The van der Waals surface area contributed by atoms with Crippen molar-refractivity contribution >= 4 is 5.69 Å². The van der Waals surface area contributed by atoms with Gasteiger partial charge in [0.05, 0.1) is 12.0 Å². The largest absolute Gasteiger partial charge is 0.372 e. The first-order valence-corrected chi connectivity index (χ1v) is 6.95. The summed E-state index contributed by atoms with van der Waals surface area (Å²) in [7, 11) is 0. The molecule has 2 N–H and O–H groups in total. The quantitative estimate of drug-likeness (QED) is 0.916. The van der Waals surface area contributed by atoms with E-state index in [4.69, 9.17) is 5.73 Å². The van der Waals surface area contributed by atoms with Crippen molar-refractivity contribution in [2.75, 3.05) is 18.0 Å². The third-order valence-corrected chi connectivity index (χ3v) is 3.71. The summed E-state index contributed by atoms with van der Waals surface area (Å²) < 4.78 is 2.02. The van der Waals surface area contributed by atoms with Gasteiger partial charge in [-0.05, 0) is 43.5 Å². The molecule has 4 nitrogen and oxygen atoms in total. The van der Waals surface area contributed by atoms with Gasteiger partial charge >= 0.3 is 0 Å². The van der Waals surface area contributed by atoms with Crippen molar-refractivity contribution in [2.45, 2.75) is 25.8 Å². The number of anilines is 1. The van der Waals surface area contributed by atoms with Crippen LogP contribution in [0.2, 0.25) is 0 Å². The summed E-state index contributed by atoms with van der Waals surface area (Å²) in [6, 6.07) is 8.68. The van der Waals surface area contributed by atoms with Crippen molar-refractivity contribution in [3.8, 4) is 5.69 Å². The van der Waals surface area contributed by atoms with E-state index in [-0.39, 0.29) is 0 Å². The maximum Gasteiger partial charge on any atom is 0.0995 e.